The quantitative estimate of drug-likeness (QED) is 0.588. The number of hydrogen-bond donors (Lipinski definition) is 1. The highest BCUT2D eigenvalue weighted by molar-refractivity contribution is 4.51. The first-order valence-corrected chi connectivity index (χ1v) is 2.84. The fourth-order valence-corrected chi connectivity index (χ4v) is 0.250. The molecule has 0 bridgehead atoms. The lowest BCUT2D eigenvalue weighted by molar-refractivity contribution is 0.762. The van der Waals surface area contributed by atoms with E-state index in [4.69, 9.17) is 5.26 Å². The Hall–Kier alpha value is -0.590. The minimum atomic E-state index is 0. The van der Waals surface area contributed by atoms with Crippen LogP contribution in [0.2, 0.25) is 0 Å². The van der Waals surface area contributed by atoms with Gasteiger partial charge in [-0.15, -0.1) is 0 Å². The number of rotatable bonds is 2. The maximum Gasteiger partial charge on any atom is 0.0587 e. The van der Waals surface area contributed by atoms with E-state index in [1.165, 1.54) is 6.92 Å². The molecule has 0 heterocycles. The van der Waals surface area contributed by atoms with Crippen LogP contribution in [0.15, 0.2) is 0 Å². The standard InChI is InChI=1S/C4H11N.C2H3N.H2O/c1-3-5-4-2;1-2-3;/h5H,3-4H2,1-2H3;1H3;1H2. The van der Waals surface area contributed by atoms with Crippen LogP contribution in [-0.4, -0.2) is 18.6 Å². The second kappa shape index (κ2) is 26.2. The molecule has 0 aliphatic carbocycles. The van der Waals surface area contributed by atoms with Gasteiger partial charge >= 0.3 is 0 Å². The summed E-state index contributed by atoms with van der Waals surface area (Å²) in [6.45, 7) is 7.82. The molecule has 0 aromatic rings. The molecular formula is C6H16N2O. The van der Waals surface area contributed by atoms with Crippen LogP contribution in [0.4, 0.5) is 0 Å². The number of nitrogens with zero attached hydrogens (tertiary/aromatic N) is 1. The summed E-state index contributed by atoms with van der Waals surface area (Å²) in [6, 6.07) is 1.75. The van der Waals surface area contributed by atoms with Crippen molar-refractivity contribution in [2.45, 2.75) is 20.8 Å². The molecule has 56 valence electrons. The van der Waals surface area contributed by atoms with Crippen molar-refractivity contribution in [2.24, 2.45) is 0 Å². The molecule has 0 spiro atoms. The normalized spacial score (nSPS) is 5.56. The van der Waals surface area contributed by atoms with E-state index in [-0.39, 0.29) is 5.48 Å². The Kier molecular flexibility index (Phi) is 45.9. The summed E-state index contributed by atoms with van der Waals surface area (Å²) in [5, 5.41) is 10.4. The van der Waals surface area contributed by atoms with E-state index in [0.717, 1.165) is 13.1 Å². The lowest BCUT2D eigenvalue weighted by Gasteiger charge is -1.86. The Labute approximate surface area is 57.0 Å². The maximum atomic E-state index is 7.32. The summed E-state index contributed by atoms with van der Waals surface area (Å²) >= 11 is 0. The highest BCUT2D eigenvalue weighted by atomic mass is 16.0. The monoisotopic (exact) mass is 132 g/mol. The maximum absolute atomic E-state index is 7.32. The zero-order chi connectivity index (χ0) is 6.83. The number of hydrogen-bond acceptors (Lipinski definition) is 2. The van der Waals surface area contributed by atoms with Crippen LogP contribution >= 0.6 is 0 Å². The molecule has 3 N–H and O–H groups in total. The van der Waals surface area contributed by atoms with Crippen LogP contribution in [0.25, 0.3) is 0 Å². The van der Waals surface area contributed by atoms with E-state index in [1.54, 1.807) is 6.07 Å². The minimum absolute atomic E-state index is 0. The smallest absolute Gasteiger partial charge is 0.0587 e. The van der Waals surface area contributed by atoms with Crippen molar-refractivity contribution in [3.63, 3.8) is 0 Å². The summed E-state index contributed by atoms with van der Waals surface area (Å²) in [6.07, 6.45) is 0. The van der Waals surface area contributed by atoms with Crippen molar-refractivity contribution < 1.29 is 5.48 Å². The molecule has 0 saturated carbocycles. The zero-order valence-corrected chi connectivity index (χ0v) is 6.36. The molecule has 0 aromatic carbocycles. The SMILES string of the molecule is CC#N.CCNCC.O. The third-order valence-corrected chi connectivity index (χ3v) is 0.500. The van der Waals surface area contributed by atoms with Gasteiger partial charge in [0.1, 0.15) is 0 Å². The Morgan fingerprint density at radius 2 is 1.56 bits per heavy atom. The van der Waals surface area contributed by atoms with E-state index in [1.807, 2.05) is 0 Å². The first-order chi connectivity index (χ1) is 3.83. The van der Waals surface area contributed by atoms with E-state index in [2.05, 4.69) is 19.2 Å². The molecule has 0 unspecified atom stereocenters. The second-order valence-electron chi connectivity index (χ2n) is 1.18. The zero-order valence-electron chi connectivity index (χ0n) is 6.36. The highest BCUT2D eigenvalue weighted by Gasteiger charge is 1.62. The molecule has 0 saturated heterocycles. The van der Waals surface area contributed by atoms with E-state index in [9.17, 15) is 0 Å². The van der Waals surface area contributed by atoms with Crippen LogP contribution in [0.3, 0.4) is 0 Å². The average Bonchev–Trinajstić information content (AvgIpc) is 1.71. The predicted molar refractivity (Wildman–Crippen MR) is 39.1 cm³/mol. The minimum Gasteiger partial charge on any atom is -0.412 e. The van der Waals surface area contributed by atoms with Gasteiger partial charge < -0.3 is 10.8 Å². The van der Waals surface area contributed by atoms with Crippen LogP contribution in [-0.2, 0) is 0 Å². The number of nitriles is 1. The van der Waals surface area contributed by atoms with Crippen molar-refractivity contribution >= 4 is 0 Å². The Bertz CT molecular complexity index is 56.6. The van der Waals surface area contributed by atoms with Gasteiger partial charge in [-0.05, 0) is 13.1 Å². The Morgan fingerprint density at radius 3 is 1.56 bits per heavy atom. The molecule has 0 aromatic heterocycles. The van der Waals surface area contributed by atoms with Crippen LogP contribution < -0.4 is 5.32 Å². The molecule has 0 radical (unpaired) electrons. The van der Waals surface area contributed by atoms with Crippen molar-refractivity contribution in [3.8, 4) is 6.07 Å². The molecule has 0 atom stereocenters. The summed E-state index contributed by atoms with van der Waals surface area (Å²) in [5.74, 6) is 0. The van der Waals surface area contributed by atoms with Crippen molar-refractivity contribution in [3.05, 3.63) is 0 Å². The van der Waals surface area contributed by atoms with Gasteiger partial charge in [-0.25, -0.2) is 0 Å². The van der Waals surface area contributed by atoms with Gasteiger partial charge in [-0.2, -0.15) is 5.26 Å². The second-order valence-corrected chi connectivity index (χ2v) is 1.18. The largest absolute Gasteiger partial charge is 0.412 e. The number of nitrogens with one attached hydrogen (secondary N) is 1. The fraction of sp³-hybridized carbons (Fsp3) is 0.833. The van der Waals surface area contributed by atoms with E-state index < -0.39 is 0 Å². The molecule has 3 heteroatoms. The fourth-order valence-electron chi connectivity index (χ4n) is 0.250. The lowest BCUT2D eigenvalue weighted by Crippen LogP contribution is -2.09. The van der Waals surface area contributed by atoms with E-state index >= 15 is 0 Å². The van der Waals surface area contributed by atoms with Crippen LogP contribution in [0.1, 0.15) is 20.8 Å². The molecule has 0 amide bonds. The third-order valence-electron chi connectivity index (χ3n) is 0.500. The topological polar surface area (TPSA) is 67.3 Å². The molecule has 0 aliphatic heterocycles. The molecule has 0 fully saturated rings. The summed E-state index contributed by atoms with van der Waals surface area (Å²) in [7, 11) is 0. The summed E-state index contributed by atoms with van der Waals surface area (Å²) < 4.78 is 0. The third kappa shape index (κ3) is 109. The van der Waals surface area contributed by atoms with Crippen LogP contribution in [0, 0.1) is 11.3 Å². The first-order valence-electron chi connectivity index (χ1n) is 2.84. The van der Waals surface area contributed by atoms with Crippen molar-refractivity contribution in [2.75, 3.05) is 13.1 Å². The van der Waals surface area contributed by atoms with Gasteiger partial charge in [0.15, 0.2) is 0 Å². The molecule has 9 heavy (non-hydrogen) atoms. The molecule has 0 aliphatic rings. The highest BCUT2D eigenvalue weighted by Crippen LogP contribution is 1.47. The predicted octanol–water partition coefficient (Wildman–Crippen LogP) is 0.321. The average molecular weight is 132 g/mol. The molecule has 3 nitrogen and oxygen atoms in total. The lowest BCUT2D eigenvalue weighted by atomic mass is 10.7. The van der Waals surface area contributed by atoms with Gasteiger partial charge in [0, 0.05) is 6.92 Å². The first kappa shape index (κ1) is 15.8. The Morgan fingerprint density at radius 1 is 1.33 bits per heavy atom. The van der Waals surface area contributed by atoms with Crippen LogP contribution in [0.5, 0.6) is 0 Å². The van der Waals surface area contributed by atoms with E-state index in [0.29, 0.717) is 0 Å². The molecule has 0 rings (SSSR count). The van der Waals surface area contributed by atoms with Gasteiger partial charge in [-0.3, -0.25) is 0 Å². The van der Waals surface area contributed by atoms with Crippen molar-refractivity contribution in [1.82, 2.24) is 5.32 Å². The Balaban J connectivity index is -0.0000000800. The van der Waals surface area contributed by atoms with Crippen molar-refractivity contribution in [1.29, 1.82) is 5.26 Å². The van der Waals surface area contributed by atoms with Gasteiger partial charge in [-0.1, -0.05) is 13.8 Å². The van der Waals surface area contributed by atoms with Gasteiger partial charge in [0.05, 0.1) is 6.07 Å². The van der Waals surface area contributed by atoms with Gasteiger partial charge in [0.2, 0.25) is 0 Å². The summed E-state index contributed by atoms with van der Waals surface area (Å²) in [4.78, 5) is 0. The summed E-state index contributed by atoms with van der Waals surface area (Å²) in [5.41, 5.74) is 0. The molecular weight excluding hydrogens is 116 g/mol. The van der Waals surface area contributed by atoms with Gasteiger partial charge in [0.25, 0.3) is 0 Å².